The first-order chi connectivity index (χ1) is 4.31. The van der Waals surface area contributed by atoms with Crippen molar-refractivity contribution in [1.29, 1.82) is 0 Å². The van der Waals surface area contributed by atoms with E-state index in [2.05, 4.69) is 7.05 Å². The molecule has 0 radical (unpaired) electrons. The van der Waals surface area contributed by atoms with Crippen LogP contribution in [0.4, 0.5) is 0 Å². The lowest BCUT2D eigenvalue weighted by atomic mass is 9.89. The highest BCUT2D eigenvalue weighted by atomic mass is 15.4. The van der Waals surface area contributed by atoms with Gasteiger partial charge in [0.05, 0.1) is 26.2 Å². The van der Waals surface area contributed by atoms with Gasteiger partial charge in [-0.25, -0.2) is 0 Å². The van der Waals surface area contributed by atoms with E-state index in [4.69, 9.17) is 0 Å². The predicted molar refractivity (Wildman–Crippen MR) is 38.2 cm³/mol. The van der Waals surface area contributed by atoms with Crippen LogP contribution in [0.15, 0.2) is 0 Å². The summed E-state index contributed by atoms with van der Waals surface area (Å²) in [6.45, 7) is 2.93. The molecule has 2 fully saturated rings. The third-order valence-corrected chi connectivity index (χ3v) is 3.31. The van der Waals surface area contributed by atoms with Gasteiger partial charge in [0.2, 0.25) is 0 Å². The molecule has 2 rings (SSSR count). The topological polar surface area (TPSA) is 0 Å². The number of quaternary nitrogens is 1. The second-order valence-electron chi connectivity index (χ2n) is 3.86. The molecule has 2 heterocycles. The molecule has 1 heteroatoms. The van der Waals surface area contributed by atoms with Crippen LogP contribution in [0.25, 0.3) is 0 Å². The highest BCUT2D eigenvalue weighted by Crippen LogP contribution is 2.34. The van der Waals surface area contributed by atoms with Crippen molar-refractivity contribution in [2.45, 2.75) is 31.7 Å². The van der Waals surface area contributed by atoms with Gasteiger partial charge in [-0.2, -0.15) is 0 Å². The molecule has 0 bridgehead atoms. The molecular formula is C8H16N+. The Labute approximate surface area is 57.3 Å². The van der Waals surface area contributed by atoms with Gasteiger partial charge < -0.3 is 4.48 Å². The summed E-state index contributed by atoms with van der Waals surface area (Å²) in [7, 11) is 2.42. The molecule has 2 atom stereocenters. The summed E-state index contributed by atoms with van der Waals surface area (Å²) >= 11 is 0. The van der Waals surface area contributed by atoms with Gasteiger partial charge in [0.15, 0.2) is 0 Å². The maximum Gasteiger partial charge on any atom is 0.0942 e. The van der Waals surface area contributed by atoms with Gasteiger partial charge in [-0.1, -0.05) is 0 Å². The lowest BCUT2D eigenvalue weighted by Crippen LogP contribution is -2.64. The van der Waals surface area contributed by atoms with Gasteiger partial charge in [0, 0.05) is 6.42 Å². The highest BCUT2D eigenvalue weighted by Gasteiger charge is 2.43. The minimum Gasteiger partial charge on any atom is -0.323 e. The van der Waals surface area contributed by atoms with Gasteiger partial charge in [0.25, 0.3) is 0 Å². The van der Waals surface area contributed by atoms with Crippen molar-refractivity contribution in [3.63, 3.8) is 0 Å². The molecule has 0 aromatic heterocycles. The van der Waals surface area contributed by atoms with Crippen LogP contribution in [0.1, 0.15) is 25.7 Å². The smallest absolute Gasteiger partial charge is 0.0942 e. The highest BCUT2D eigenvalue weighted by molar-refractivity contribution is 4.72. The molecule has 9 heavy (non-hydrogen) atoms. The molecule has 0 aromatic carbocycles. The molecule has 0 N–H and O–H groups in total. The number of fused-ring (bicyclic) bond motifs is 1. The summed E-state index contributed by atoms with van der Waals surface area (Å²) in [5.74, 6) is 0. The first-order valence-corrected chi connectivity index (χ1v) is 4.15. The van der Waals surface area contributed by atoms with Crippen molar-refractivity contribution in [1.82, 2.24) is 0 Å². The van der Waals surface area contributed by atoms with Crippen LogP contribution >= 0.6 is 0 Å². The van der Waals surface area contributed by atoms with E-state index >= 15 is 0 Å². The third kappa shape index (κ3) is 0.710. The normalized spacial score (nSPS) is 49.7. The van der Waals surface area contributed by atoms with Crippen LogP contribution in [-0.4, -0.2) is 30.7 Å². The van der Waals surface area contributed by atoms with Gasteiger partial charge in [-0.3, -0.25) is 0 Å². The largest absolute Gasteiger partial charge is 0.323 e. The fourth-order valence-corrected chi connectivity index (χ4v) is 2.36. The molecule has 2 saturated heterocycles. The van der Waals surface area contributed by atoms with Crippen LogP contribution < -0.4 is 0 Å². The fourth-order valence-electron chi connectivity index (χ4n) is 2.36. The first kappa shape index (κ1) is 5.72. The molecule has 2 aliphatic heterocycles. The summed E-state index contributed by atoms with van der Waals surface area (Å²) in [5, 5.41) is 0. The number of nitrogens with zero attached hydrogens (tertiary/aromatic N) is 1. The number of hydrogen-bond acceptors (Lipinski definition) is 0. The predicted octanol–water partition coefficient (Wildman–Crippen LogP) is 1.39. The van der Waals surface area contributed by atoms with Crippen LogP contribution in [0, 0.1) is 0 Å². The standard InChI is InChI=1S/C8H16N/c1-9-6-3-2-4-8(9)5-7-9/h8H,2-7H2,1H3/q+1/t8-,9?/m0/s1. The van der Waals surface area contributed by atoms with Gasteiger partial charge in [-0.15, -0.1) is 0 Å². The van der Waals surface area contributed by atoms with Crippen LogP contribution in [0.5, 0.6) is 0 Å². The maximum absolute atomic E-state index is 2.42. The third-order valence-electron chi connectivity index (χ3n) is 3.31. The average Bonchev–Trinajstić information content (AvgIpc) is 1.82. The molecule has 52 valence electrons. The Hall–Kier alpha value is -0.0400. The zero-order valence-corrected chi connectivity index (χ0v) is 6.27. The Morgan fingerprint density at radius 2 is 2.00 bits per heavy atom. The Bertz CT molecular complexity index is 122. The minimum absolute atomic E-state index is 1.07. The van der Waals surface area contributed by atoms with E-state index in [0.29, 0.717) is 0 Å². The van der Waals surface area contributed by atoms with Crippen molar-refractivity contribution in [2.24, 2.45) is 0 Å². The lowest BCUT2D eigenvalue weighted by Gasteiger charge is -2.52. The second kappa shape index (κ2) is 1.72. The quantitative estimate of drug-likeness (QED) is 0.430. The van der Waals surface area contributed by atoms with Crippen molar-refractivity contribution in [3.05, 3.63) is 0 Å². The van der Waals surface area contributed by atoms with Gasteiger partial charge >= 0.3 is 0 Å². The van der Waals surface area contributed by atoms with E-state index in [9.17, 15) is 0 Å². The van der Waals surface area contributed by atoms with Crippen molar-refractivity contribution < 1.29 is 4.48 Å². The summed E-state index contributed by atoms with van der Waals surface area (Å²) in [6.07, 6.45) is 6.00. The number of piperidine rings is 1. The van der Waals surface area contributed by atoms with Crippen molar-refractivity contribution in [3.8, 4) is 0 Å². The maximum atomic E-state index is 2.42. The minimum atomic E-state index is 1.07. The molecule has 1 unspecified atom stereocenters. The monoisotopic (exact) mass is 126 g/mol. The summed E-state index contributed by atoms with van der Waals surface area (Å²) < 4.78 is 1.42. The van der Waals surface area contributed by atoms with E-state index in [1.165, 1.54) is 43.3 Å². The molecule has 2 aliphatic rings. The first-order valence-electron chi connectivity index (χ1n) is 4.15. The van der Waals surface area contributed by atoms with Gasteiger partial charge in [-0.05, 0) is 19.3 Å². The number of rotatable bonds is 0. The summed E-state index contributed by atoms with van der Waals surface area (Å²) in [5.41, 5.74) is 0. The second-order valence-corrected chi connectivity index (χ2v) is 3.86. The molecule has 0 spiro atoms. The molecule has 0 saturated carbocycles. The Morgan fingerprint density at radius 3 is 2.33 bits per heavy atom. The van der Waals surface area contributed by atoms with Crippen molar-refractivity contribution >= 4 is 0 Å². The fraction of sp³-hybridized carbons (Fsp3) is 1.00. The van der Waals surface area contributed by atoms with E-state index in [-0.39, 0.29) is 0 Å². The zero-order valence-electron chi connectivity index (χ0n) is 6.27. The average molecular weight is 126 g/mol. The Morgan fingerprint density at radius 1 is 1.11 bits per heavy atom. The molecule has 0 amide bonds. The van der Waals surface area contributed by atoms with E-state index in [1.54, 1.807) is 0 Å². The molecular weight excluding hydrogens is 110 g/mol. The molecule has 0 aliphatic carbocycles. The van der Waals surface area contributed by atoms with Crippen LogP contribution in [0.2, 0.25) is 0 Å². The van der Waals surface area contributed by atoms with Crippen molar-refractivity contribution in [2.75, 3.05) is 20.1 Å². The Balaban J connectivity index is 2.05. The lowest BCUT2D eigenvalue weighted by molar-refractivity contribution is -0.977. The van der Waals surface area contributed by atoms with E-state index < -0.39 is 0 Å². The number of hydrogen-bond donors (Lipinski definition) is 0. The summed E-state index contributed by atoms with van der Waals surface area (Å²) in [4.78, 5) is 0. The van der Waals surface area contributed by atoms with Crippen LogP contribution in [0.3, 0.4) is 0 Å². The van der Waals surface area contributed by atoms with Gasteiger partial charge in [0.1, 0.15) is 0 Å². The Kier molecular flexibility index (Phi) is 1.10. The summed E-state index contributed by atoms with van der Waals surface area (Å²) in [6, 6.07) is 1.07. The zero-order chi connectivity index (χ0) is 6.32. The van der Waals surface area contributed by atoms with Crippen LogP contribution in [-0.2, 0) is 0 Å². The molecule has 0 aromatic rings. The molecule has 1 nitrogen and oxygen atoms in total. The van der Waals surface area contributed by atoms with E-state index in [0.717, 1.165) is 6.04 Å². The SMILES string of the molecule is C[N+]12CCCC[C@H]1CC2. The van der Waals surface area contributed by atoms with E-state index in [1.807, 2.05) is 0 Å².